The Labute approximate surface area is 172 Å². The fourth-order valence-electron chi connectivity index (χ4n) is 4.34. The Hall–Kier alpha value is -3.56. The van der Waals surface area contributed by atoms with Crippen molar-refractivity contribution in [1.29, 1.82) is 0 Å². The van der Waals surface area contributed by atoms with Crippen LogP contribution >= 0.6 is 0 Å². The summed E-state index contributed by atoms with van der Waals surface area (Å²) in [6.45, 7) is 1.56. The molecule has 0 saturated heterocycles. The van der Waals surface area contributed by atoms with Crippen LogP contribution in [0.15, 0.2) is 36.9 Å². The Bertz CT molecular complexity index is 1200. The van der Waals surface area contributed by atoms with E-state index in [9.17, 15) is 0 Å². The van der Waals surface area contributed by atoms with Crippen molar-refractivity contribution in [2.45, 2.75) is 50.9 Å². The molecular weight excluding hydrogens is 380 g/mol. The fourth-order valence-corrected chi connectivity index (χ4v) is 4.34. The molecule has 1 aromatic carbocycles. The molecule has 2 atom stereocenters. The number of para-hydroxylation sites is 1. The van der Waals surface area contributed by atoms with Crippen LogP contribution in [0.2, 0.25) is 0 Å². The molecule has 2 unspecified atom stereocenters. The molecule has 0 amide bonds. The number of benzene rings is 1. The van der Waals surface area contributed by atoms with Crippen LogP contribution in [-0.2, 0) is 25.9 Å². The maximum absolute atomic E-state index is 4.85. The first kappa shape index (κ1) is 17.3. The van der Waals surface area contributed by atoms with E-state index in [2.05, 4.69) is 36.9 Å². The number of nitrogens with one attached hydrogen (secondary N) is 2. The largest absolute Gasteiger partial charge is 0.365 e. The van der Waals surface area contributed by atoms with Crippen LogP contribution in [0.25, 0.3) is 10.9 Å². The molecule has 0 saturated carbocycles. The number of nitrogens with zero attached hydrogens (tertiary/aromatic N) is 8. The average molecular weight is 402 g/mol. The summed E-state index contributed by atoms with van der Waals surface area (Å²) in [5.41, 5.74) is 0.923. The number of anilines is 2. The predicted molar refractivity (Wildman–Crippen MR) is 111 cm³/mol. The first-order valence-corrected chi connectivity index (χ1v) is 10.3. The lowest BCUT2D eigenvalue weighted by Gasteiger charge is -2.26. The molecule has 2 aliphatic heterocycles. The van der Waals surface area contributed by atoms with Crippen LogP contribution in [0.5, 0.6) is 0 Å². The molecule has 0 radical (unpaired) electrons. The second-order valence-electron chi connectivity index (χ2n) is 7.89. The van der Waals surface area contributed by atoms with Crippen molar-refractivity contribution in [2.24, 2.45) is 0 Å². The van der Waals surface area contributed by atoms with Crippen molar-refractivity contribution < 1.29 is 0 Å². The van der Waals surface area contributed by atoms with E-state index in [1.54, 1.807) is 12.7 Å². The summed E-state index contributed by atoms with van der Waals surface area (Å²) in [6, 6.07) is 8.59. The van der Waals surface area contributed by atoms with Crippen LogP contribution in [0.3, 0.4) is 0 Å². The van der Waals surface area contributed by atoms with E-state index in [0.29, 0.717) is 5.95 Å². The Morgan fingerprint density at radius 2 is 1.47 bits per heavy atom. The van der Waals surface area contributed by atoms with Crippen molar-refractivity contribution in [2.75, 3.05) is 10.6 Å². The van der Waals surface area contributed by atoms with Gasteiger partial charge in [0.2, 0.25) is 5.95 Å². The summed E-state index contributed by atoms with van der Waals surface area (Å²) in [7, 11) is 0. The van der Waals surface area contributed by atoms with Gasteiger partial charge in [-0.15, -0.1) is 0 Å². The van der Waals surface area contributed by atoms with Gasteiger partial charge in [-0.2, -0.15) is 15.2 Å². The molecule has 5 heterocycles. The lowest BCUT2D eigenvalue weighted by molar-refractivity contribution is 0.438. The number of aromatic nitrogens is 8. The van der Waals surface area contributed by atoms with Gasteiger partial charge in [-0.25, -0.2) is 24.3 Å². The highest BCUT2D eigenvalue weighted by molar-refractivity contribution is 5.90. The third-order valence-corrected chi connectivity index (χ3v) is 5.89. The number of hydrogen-bond acceptors (Lipinski definition) is 8. The average Bonchev–Trinajstić information content (AvgIpc) is 3.42. The molecule has 0 fully saturated rings. The summed E-state index contributed by atoms with van der Waals surface area (Å²) in [5, 5.41) is 16.8. The fraction of sp³-hybridized carbons (Fsp3) is 0.400. The Morgan fingerprint density at radius 3 is 2.20 bits per heavy atom. The minimum Gasteiger partial charge on any atom is -0.365 e. The zero-order valence-electron chi connectivity index (χ0n) is 16.4. The van der Waals surface area contributed by atoms with Gasteiger partial charge in [-0.1, -0.05) is 12.1 Å². The van der Waals surface area contributed by atoms with Crippen molar-refractivity contribution >= 4 is 22.7 Å². The van der Waals surface area contributed by atoms with Gasteiger partial charge in [0.05, 0.1) is 18.6 Å². The Morgan fingerprint density at radius 1 is 0.800 bits per heavy atom. The van der Waals surface area contributed by atoms with Crippen LogP contribution in [-0.4, -0.2) is 51.6 Å². The summed E-state index contributed by atoms with van der Waals surface area (Å²) < 4.78 is 3.93. The maximum Gasteiger partial charge on any atom is 0.225 e. The zero-order chi connectivity index (χ0) is 19.9. The number of fused-ring (bicyclic) bond motifs is 3. The molecule has 10 nitrogen and oxygen atoms in total. The molecule has 0 aliphatic carbocycles. The molecule has 6 rings (SSSR count). The molecular formula is C20H22N10. The minimum atomic E-state index is 0.223. The number of aryl methyl sites for hydroxylation is 2. The van der Waals surface area contributed by atoms with Crippen LogP contribution in [0.4, 0.5) is 11.8 Å². The van der Waals surface area contributed by atoms with Crippen LogP contribution in [0, 0.1) is 0 Å². The third-order valence-electron chi connectivity index (χ3n) is 5.89. The van der Waals surface area contributed by atoms with Gasteiger partial charge in [0.15, 0.2) is 0 Å². The lowest BCUT2D eigenvalue weighted by atomic mass is 10.1. The molecule has 30 heavy (non-hydrogen) atoms. The molecule has 10 heteroatoms. The molecule has 3 aromatic heterocycles. The standard InChI is InChI=1S/C20H22N10/c1-2-4-16-15(3-1)19(25-13-5-7-17-21-11-23-29(17)9-13)28-20(27-16)26-14-6-8-18-22-12-24-30(18)10-14/h1-4,11-14H,5-10H2,(H2,25,26,27,28). The first-order valence-electron chi connectivity index (χ1n) is 10.3. The lowest BCUT2D eigenvalue weighted by Crippen LogP contribution is -2.33. The Kier molecular flexibility index (Phi) is 4.07. The SMILES string of the molecule is c1ccc2c(NC3CCc4ncnn4C3)nc(NC3CCc4ncnn4C3)nc2c1. The summed E-state index contributed by atoms with van der Waals surface area (Å²) in [4.78, 5) is 18.2. The van der Waals surface area contributed by atoms with Gasteiger partial charge in [0.25, 0.3) is 0 Å². The van der Waals surface area contributed by atoms with Crippen LogP contribution < -0.4 is 10.6 Å². The second kappa shape index (κ2) is 7.05. The van der Waals surface area contributed by atoms with Gasteiger partial charge in [-0.3, -0.25) is 0 Å². The molecule has 4 aromatic rings. The van der Waals surface area contributed by atoms with Gasteiger partial charge < -0.3 is 10.6 Å². The third kappa shape index (κ3) is 3.14. The van der Waals surface area contributed by atoms with Gasteiger partial charge in [-0.05, 0) is 25.0 Å². The number of rotatable bonds is 4. The van der Waals surface area contributed by atoms with Crippen molar-refractivity contribution in [3.05, 3.63) is 48.6 Å². The quantitative estimate of drug-likeness (QED) is 0.530. The van der Waals surface area contributed by atoms with Crippen molar-refractivity contribution in [3.8, 4) is 0 Å². The predicted octanol–water partition coefficient (Wildman–Crippen LogP) is 1.67. The van der Waals surface area contributed by atoms with Crippen molar-refractivity contribution in [1.82, 2.24) is 39.5 Å². The Balaban J connectivity index is 1.27. The maximum atomic E-state index is 4.85. The smallest absolute Gasteiger partial charge is 0.225 e. The van der Waals surface area contributed by atoms with E-state index in [4.69, 9.17) is 9.97 Å². The first-order chi connectivity index (χ1) is 14.8. The highest BCUT2D eigenvalue weighted by Crippen LogP contribution is 2.25. The molecule has 0 bridgehead atoms. The van der Waals surface area contributed by atoms with Gasteiger partial charge in [0, 0.05) is 30.3 Å². The normalized spacial score (nSPS) is 20.5. The summed E-state index contributed by atoms with van der Waals surface area (Å²) >= 11 is 0. The monoisotopic (exact) mass is 402 g/mol. The summed E-state index contributed by atoms with van der Waals surface area (Å²) in [5.74, 6) is 3.59. The number of hydrogen-bond donors (Lipinski definition) is 2. The van der Waals surface area contributed by atoms with E-state index in [0.717, 1.165) is 67.1 Å². The van der Waals surface area contributed by atoms with Crippen LogP contribution in [0.1, 0.15) is 24.5 Å². The molecule has 152 valence electrons. The minimum absolute atomic E-state index is 0.223. The van der Waals surface area contributed by atoms with E-state index in [1.807, 2.05) is 27.6 Å². The molecule has 2 N–H and O–H groups in total. The van der Waals surface area contributed by atoms with Gasteiger partial charge >= 0.3 is 0 Å². The van der Waals surface area contributed by atoms with Crippen molar-refractivity contribution in [3.63, 3.8) is 0 Å². The van der Waals surface area contributed by atoms with E-state index in [-0.39, 0.29) is 12.1 Å². The zero-order valence-corrected chi connectivity index (χ0v) is 16.4. The van der Waals surface area contributed by atoms with E-state index in [1.165, 1.54) is 0 Å². The topological polar surface area (TPSA) is 111 Å². The summed E-state index contributed by atoms with van der Waals surface area (Å²) in [6.07, 6.45) is 7.04. The highest BCUT2D eigenvalue weighted by Gasteiger charge is 2.23. The van der Waals surface area contributed by atoms with E-state index < -0.39 is 0 Å². The molecule has 2 aliphatic rings. The van der Waals surface area contributed by atoms with E-state index >= 15 is 0 Å². The second-order valence-corrected chi connectivity index (χ2v) is 7.89. The molecule has 0 spiro atoms. The highest BCUT2D eigenvalue weighted by atomic mass is 15.4. The van der Waals surface area contributed by atoms with Gasteiger partial charge in [0.1, 0.15) is 30.1 Å².